The average molecular weight is 519 g/mol. The third-order valence-electron chi connectivity index (χ3n) is 6.14. The molecule has 0 spiro atoms. The van der Waals surface area contributed by atoms with Gasteiger partial charge in [-0.05, 0) is 67.7 Å². The molecule has 3 rings (SSSR count). The smallest absolute Gasteiger partial charge is 0.341 e. The van der Waals surface area contributed by atoms with Crippen molar-refractivity contribution in [2.75, 3.05) is 25.7 Å². The summed E-state index contributed by atoms with van der Waals surface area (Å²) in [4.78, 5) is 12.6. The Kier molecular flexibility index (Phi) is 11.1. The van der Waals surface area contributed by atoms with E-state index in [0.717, 1.165) is 49.7 Å². The van der Waals surface area contributed by atoms with Gasteiger partial charge in [0.25, 0.3) is 0 Å². The molecule has 0 bridgehead atoms. The highest BCUT2D eigenvalue weighted by Crippen LogP contribution is 2.49. The standard InChI is InChI=1S/C28H38O5S2/c1-21(29)19-28(34-15-10-16-35-28)14-9-5-8-13-23-17-24(33-20-22-11-6-4-7-12-22)18-25(31-2)26(23)27(30)32-3/h4,6-7,11-12,17-18,21,29H,5,8-10,13-16,19-20H2,1-3H3/t21-/m0/s1. The second-order valence-electron chi connectivity index (χ2n) is 9.00. The lowest BCUT2D eigenvalue weighted by molar-refractivity contribution is 0.0595. The topological polar surface area (TPSA) is 65.0 Å². The average Bonchev–Trinajstić information content (AvgIpc) is 2.87. The number of benzene rings is 2. The number of aliphatic hydroxyl groups excluding tert-OH is 1. The molecule has 1 N–H and O–H groups in total. The van der Waals surface area contributed by atoms with Crippen molar-refractivity contribution < 1.29 is 24.1 Å². The molecule has 0 aliphatic carbocycles. The van der Waals surface area contributed by atoms with E-state index < -0.39 is 5.97 Å². The molecule has 0 aromatic heterocycles. The first kappa shape index (κ1) is 27.8. The summed E-state index contributed by atoms with van der Waals surface area (Å²) in [5.41, 5.74) is 2.44. The molecule has 1 aliphatic rings. The van der Waals surface area contributed by atoms with Gasteiger partial charge in [-0.25, -0.2) is 4.79 Å². The number of rotatable bonds is 13. The van der Waals surface area contributed by atoms with E-state index in [9.17, 15) is 9.90 Å². The molecule has 2 aromatic rings. The molecule has 2 aromatic carbocycles. The summed E-state index contributed by atoms with van der Waals surface area (Å²) in [5, 5.41) is 10.0. The summed E-state index contributed by atoms with van der Waals surface area (Å²) in [7, 11) is 2.96. The van der Waals surface area contributed by atoms with Crippen LogP contribution in [0.2, 0.25) is 0 Å². The van der Waals surface area contributed by atoms with Gasteiger partial charge in [0.15, 0.2) is 0 Å². The summed E-state index contributed by atoms with van der Waals surface area (Å²) in [6.07, 6.45) is 6.76. The zero-order valence-corrected chi connectivity index (χ0v) is 22.7. The Hall–Kier alpha value is -1.83. The predicted octanol–water partition coefficient (Wildman–Crippen LogP) is 6.50. The highest BCUT2D eigenvalue weighted by molar-refractivity contribution is 8.18. The Balaban J connectivity index is 1.65. The van der Waals surface area contributed by atoms with Gasteiger partial charge < -0.3 is 19.3 Å². The van der Waals surface area contributed by atoms with E-state index in [-0.39, 0.29) is 10.2 Å². The molecule has 0 radical (unpaired) electrons. The van der Waals surface area contributed by atoms with Crippen molar-refractivity contribution in [3.8, 4) is 11.5 Å². The number of aryl methyl sites for hydroxylation is 1. The number of esters is 1. The van der Waals surface area contributed by atoms with Crippen LogP contribution in [-0.2, 0) is 17.8 Å². The van der Waals surface area contributed by atoms with Gasteiger partial charge in [0, 0.05) is 6.07 Å². The zero-order chi connectivity index (χ0) is 25.1. The minimum Gasteiger partial charge on any atom is -0.496 e. The fraction of sp³-hybridized carbons (Fsp3) is 0.536. The number of ether oxygens (including phenoxy) is 3. The third-order valence-corrected chi connectivity index (χ3v) is 9.63. The number of carbonyl (C=O) groups is 1. The normalized spacial score (nSPS) is 15.9. The van der Waals surface area contributed by atoms with Crippen molar-refractivity contribution in [2.45, 2.75) is 68.7 Å². The maximum atomic E-state index is 12.6. The van der Waals surface area contributed by atoms with E-state index in [4.69, 9.17) is 14.2 Å². The maximum absolute atomic E-state index is 12.6. The lowest BCUT2D eigenvalue weighted by Crippen LogP contribution is -2.29. The Bertz CT molecular complexity index is 926. The van der Waals surface area contributed by atoms with E-state index in [1.165, 1.54) is 25.0 Å². The van der Waals surface area contributed by atoms with Crippen molar-refractivity contribution in [1.82, 2.24) is 0 Å². The summed E-state index contributed by atoms with van der Waals surface area (Å²) in [6, 6.07) is 13.7. The van der Waals surface area contributed by atoms with Gasteiger partial charge in [-0.15, -0.1) is 23.5 Å². The Morgan fingerprint density at radius 3 is 2.49 bits per heavy atom. The van der Waals surface area contributed by atoms with E-state index in [2.05, 4.69) is 0 Å². The number of unbranched alkanes of at least 4 members (excludes halogenated alkanes) is 2. The first-order chi connectivity index (χ1) is 17.0. The lowest BCUT2D eigenvalue weighted by Gasteiger charge is -2.37. The van der Waals surface area contributed by atoms with Crippen LogP contribution >= 0.6 is 23.5 Å². The molecule has 1 fully saturated rings. The minimum absolute atomic E-state index is 0.137. The first-order valence-corrected chi connectivity index (χ1v) is 14.4. The minimum atomic E-state index is -0.391. The molecule has 1 atom stereocenters. The first-order valence-electron chi connectivity index (χ1n) is 12.4. The summed E-state index contributed by atoms with van der Waals surface area (Å²) in [5.74, 6) is 3.12. The Labute approximate surface area is 218 Å². The fourth-order valence-corrected chi connectivity index (χ4v) is 8.11. The number of hydrogen-bond acceptors (Lipinski definition) is 7. The second-order valence-corrected chi connectivity index (χ2v) is 12.2. The van der Waals surface area contributed by atoms with Gasteiger partial charge in [-0.3, -0.25) is 0 Å². The van der Waals surface area contributed by atoms with Crippen LogP contribution in [0.25, 0.3) is 0 Å². The predicted molar refractivity (Wildman–Crippen MR) is 146 cm³/mol. The van der Waals surface area contributed by atoms with Crippen LogP contribution < -0.4 is 9.47 Å². The van der Waals surface area contributed by atoms with Crippen molar-refractivity contribution in [3.05, 3.63) is 59.2 Å². The van der Waals surface area contributed by atoms with Crippen molar-refractivity contribution in [2.24, 2.45) is 0 Å². The number of thioether (sulfide) groups is 2. The van der Waals surface area contributed by atoms with E-state index in [1.54, 1.807) is 13.2 Å². The van der Waals surface area contributed by atoms with Gasteiger partial charge in [-0.1, -0.05) is 43.2 Å². The molecule has 192 valence electrons. The number of carbonyl (C=O) groups excluding carboxylic acids is 1. The summed E-state index contributed by atoms with van der Waals surface area (Å²) in [6.45, 7) is 2.34. The van der Waals surface area contributed by atoms with Crippen molar-refractivity contribution >= 4 is 29.5 Å². The highest BCUT2D eigenvalue weighted by Gasteiger charge is 2.34. The van der Waals surface area contributed by atoms with Crippen molar-refractivity contribution in [3.63, 3.8) is 0 Å². The lowest BCUT2D eigenvalue weighted by atomic mass is 9.98. The molecule has 1 aliphatic heterocycles. The quantitative estimate of drug-likeness (QED) is 0.240. The van der Waals surface area contributed by atoms with Crippen LogP contribution in [0.15, 0.2) is 42.5 Å². The molecular weight excluding hydrogens is 480 g/mol. The van der Waals surface area contributed by atoms with Crippen molar-refractivity contribution in [1.29, 1.82) is 0 Å². The van der Waals surface area contributed by atoms with Crippen LogP contribution in [0, 0.1) is 0 Å². The second kappa shape index (κ2) is 14.0. The molecule has 7 heteroatoms. The number of aliphatic hydroxyl groups is 1. The molecule has 1 heterocycles. The summed E-state index contributed by atoms with van der Waals surface area (Å²) < 4.78 is 16.8. The zero-order valence-electron chi connectivity index (χ0n) is 21.1. The van der Waals surface area contributed by atoms with Gasteiger partial charge in [0.1, 0.15) is 23.7 Å². The fourth-order valence-electron chi connectivity index (χ4n) is 4.48. The Morgan fingerprint density at radius 2 is 1.83 bits per heavy atom. The van der Waals surface area contributed by atoms with Crippen LogP contribution in [0.5, 0.6) is 11.5 Å². The van der Waals surface area contributed by atoms with Crippen LogP contribution in [0.1, 0.15) is 66.9 Å². The number of hydrogen-bond donors (Lipinski definition) is 1. The molecular formula is C28H38O5S2. The largest absolute Gasteiger partial charge is 0.496 e. The van der Waals surface area contributed by atoms with Gasteiger partial charge in [-0.2, -0.15) is 0 Å². The molecule has 0 unspecified atom stereocenters. The Morgan fingerprint density at radius 1 is 1.09 bits per heavy atom. The van der Waals surface area contributed by atoms with Crippen LogP contribution in [0.4, 0.5) is 0 Å². The van der Waals surface area contributed by atoms with Crippen LogP contribution in [-0.4, -0.2) is 47.0 Å². The van der Waals surface area contributed by atoms with E-state index >= 15 is 0 Å². The van der Waals surface area contributed by atoms with Gasteiger partial charge in [0.2, 0.25) is 0 Å². The molecule has 5 nitrogen and oxygen atoms in total. The van der Waals surface area contributed by atoms with Crippen LogP contribution in [0.3, 0.4) is 0 Å². The van der Waals surface area contributed by atoms with Gasteiger partial charge >= 0.3 is 5.97 Å². The number of methoxy groups -OCH3 is 2. The van der Waals surface area contributed by atoms with E-state index in [1.807, 2.05) is 66.8 Å². The molecule has 0 amide bonds. The molecule has 0 saturated carbocycles. The molecule has 35 heavy (non-hydrogen) atoms. The monoisotopic (exact) mass is 518 g/mol. The SMILES string of the molecule is COC(=O)c1c(CCCCCC2(C[C@H](C)O)SCCCS2)cc(OCc2ccccc2)cc1OC. The maximum Gasteiger partial charge on any atom is 0.341 e. The third kappa shape index (κ3) is 8.36. The molecule has 1 saturated heterocycles. The van der Waals surface area contributed by atoms with Gasteiger partial charge in [0.05, 0.1) is 24.4 Å². The highest BCUT2D eigenvalue weighted by atomic mass is 32.2. The summed E-state index contributed by atoms with van der Waals surface area (Å²) >= 11 is 4.04. The van der Waals surface area contributed by atoms with E-state index in [0.29, 0.717) is 23.7 Å².